The number of benzene rings is 1. The fourth-order valence-corrected chi connectivity index (χ4v) is 4.53. The highest BCUT2D eigenvalue weighted by Crippen LogP contribution is 2.43. The van der Waals surface area contributed by atoms with Gasteiger partial charge in [0.2, 0.25) is 0 Å². The van der Waals surface area contributed by atoms with Crippen LogP contribution < -0.4 is 14.4 Å². The lowest BCUT2D eigenvalue weighted by Gasteiger charge is -2.36. The van der Waals surface area contributed by atoms with Gasteiger partial charge in [0.15, 0.2) is 11.5 Å². The number of ether oxygens (including phenoxy) is 2. The number of methoxy groups -OCH3 is 2. The van der Waals surface area contributed by atoms with Gasteiger partial charge in [-0.25, -0.2) is 9.67 Å². The van der Waals surface area contributed by atoms with Crippen LogP contribution >= 0.6 is 0 Å². The molecule has 0 amide bonds. The first-order valence-corrected chi connectivity index (χ1v) is 10.4. The molecule has 0 radical (unpaired) electrons. The van der Waals surface area contributed by atoms with Crippen molar-refractivity contribution in [2.24, 2.45) is 0 Å². The summed E-state index contributed by atoms with van der Waals surface area (Å²) >= 11 is 0. The fraction of sp³-hybridized carbons (Fsp3) is 0.348. The maximum absolute atomic E-state index is 5.47. The summed E-state index contributed by atoms with van der Waals surface area (Å²) in [6.45, 7) is 5.19. The summed E-state index contributed by atoms with van der Waals surface area (Å²) in [4.78, 5) is 15.5. The molecule has 0 unspecified atom stereocenters. The highest BCUT2D eigenvalue weighted by atomic mass is 16.5. The molecule has 0 spiro atoms. The molecule has 31 heavy (non-hydrogen) atoms. The van der Waals surface area contributed by atoms with Crippen molar-refractivity contribution in [2.75, 3.05) is 25.7 Å². The predicted octanol–water partition coefficient (Wildman–Crippen LogP) is 3.98. The standard InChI is InChI=1S/C23H26N6O2/c1-15-11-18(19(14-24-15)29-10-6-8-25-29)28-9-5-7-23(28,2)22-26-16-12-20(30-3)21(31-4)13-17(16)27-22/h6,8,10-14H,5,7,9H2,1-4H3,(H,26,27)/t23-/m0/s1. The summed E-state index contributed by atoms with van der Waals surface area (Å²) in [7, 11) is 3.28. The summed E-state index contributed by atoms with van der Waals surface area (Å²) in [6.07, 6.45) is 7.68. The summed E-state index contributed by atoms with van der Waals surface area (Å²) in [5, 5.41) is 4.44. The average molecular weight is 419 g/mol. The number of aromatic nitrogens is 5. The number of aryl methyl sites for hydroxylation is 1. The molecule has 5 rings (SSSR count). The van der Waals surface area contributed by atoms with Crippen molar-refractivity contribution in [3.8, 4) is 17.2 Å². The van der Waals surface area contributed by atoms with Gasteiger partial charge in [0.1, 0.15) is 11.5 Å². The van der Waals surface area contributed by atoms with Gasteiger partial charge in [-0.2, -0.15) is 5.10 Å². The van der Waals surface area contributed by atoms with E-state index in [1.807, 2.05) is 42.2 Å². The number of hydrogen-bond acceptors (Lipinski definition) is 6. The monoisotopic (exact) mass is 418 g/mol. The Kier molecular flexibility index (Phi) is 4.57. The molecule has 4 aromatic rings. The maximum Gasteiger partial charge on any atom is 0.163 e. The maximum atomic E-state index is 5.47. The molecule has 0 bridgehead atoms. The molecule has 8 nitrogen and oxygen atoms in total. The lowest BCUT2D eigenvalue weighted by atomic mass is 9.97. The van der Waals surface area contributed by atoms with E-state index in [-0.39, 0.29) is 5.54 Å². The molecule has 0 saturated carbocycles. The SMILES string of the molecule is COc1cc2nc([C@]3(C)CCCN3c3cc(C)ncc3-n3cccn3)[nH]c2cc1OC. The van der Waals surface area contributed by atoms with Crippen LogP contribution in [0.2, 0.25) is 0 Å². The van der Waals surface area contributed by atoms with E-state index in [1.54, 1.807) is 20.4 Å². The average Bonchev–Trinajstić information content (AvgIpc) is 3.52. The van der Waals surface area contributed by atoms with E-state index in [1.165, 1.54) is 0 Å². The van der Waals surface area contributed by atoms with E-state index < -0.39 is 0 Å². The largest absolute Gasteiger partial charge is 0.493 e. The number of nitrogens with zero attached hydrogens (tertiary/aromatic N) is 5. The minimum atomic E-state index is -0.296. The third-order valence-corrected chi connectivity index (χ3v) is 6.18. The lowest BCUT2D eigenvalue weighted by Crippen LogP contribution is -2.40. The van der Waals surface area contributed by atoms with Crippen LogP contribution in [0.5, 0.6) is 11.5 Å². The third kappa shape index (κ3) is 3.10. The predicted molar refractivity (Wildman–Crippen MR) is 119 cm³/mol. The van der Waals surface area contributed by atoms with E-state index in [4.69, 9.17) is 14.5 Å². The Labute approximate surface area is 180 Å². The molecule has 1 aromatic carbocycles. The summed E-state index contributed by atoms with van der Waals surface area (Å²) < 4.78 is 12.8. The van der Waals surface area contributed by atoms with Gasteiger partial charge in [-0.15, -0.1) is 0 Å². The highest BCUT2D eigenvalue weighted by molar-refractivity contribution is 5.80. The van der Waals surface area contributed by atoms with E-state index in [0.29, 0.717) is 11.5 Å². The molecule has 1 N–H and O–H groups in total. The van der Waals surface area contributed by atoms with Gasteiger partial charge in [0, 0.05) is 36.8 Å². The second-order valence-corrected chi connectivity index (χ2v) is 8.10. The minimum absolute atomic E-state index is 0.296. The van der Waals surface area contributed by atoms with Crippen LogP contribution in [-0.2, 0) is 5.54 Å². The minimum Gasteiger partial charge on any atom is -0.493 e. The van der Waals surface area contributed by atoms with Crippen molar-refractivity contribution in [3.63, 3.8) is 0 Å². The van der Waals surface area contributed by atoms with Gasteiger partial charge in [0.25, 0.3) is 0 Å². The topological polar surface area (TPSA) is 81.1 Å². The van der Waals surface area contributed by atoms with Crippen LogP contribution in [0.1, 0.15) is 31.3 Å². The summed E-state index contributed by atoms with van der Waals surface area (Å²) in [6, 6.07) is 7.92. The number of hydrogen-bond donors (Lipinski definition) is 1. The van der Waals surface area contributed by atoms with E-state index in [2.05, 4.69) is 33.0 Å². The van der Waals surface area contributed by atoms with Crippen molar-refractivity contribution >= 4 is 16.7 Å². The molecule has 160 valence electrons. The van der Waals surface area contributed by atoms with E-state index >= 15 is 0 Å². The Morgan fingerprint density at radius 3 is 2.65 bits per heavy atom. The summed E-state index contributed by atoms with van der Waals surface area (Å²) in [5.74, 6) is 2.28. The van der Waals surface area contributed by atoms with Gasteiger partial charge in [-0.05, 0) is 38.8 Å². The zero-order valence-corrected chi connectivity index (χ0v) is 18.2. The first-order chi connectivity index (χ1) is 15.0. The second-order valence-electron chi connectivity index (χ2n) is 8.10. The number of nitrogens with one attached hydrogen (secondary N) is 1. The third-order valence-electron chi connectivity index (χ3n) is 6.18. The van der Waals surface area contributed by atoms with E-state index in [0.717, 1.165) is 53.3 Å². The Bertz CT molecular complexity index is 1190. The van der Waals surface area contributed by atoms with Gasteiger partial charge in [-0.1, -0.05) is 0 Å². The number of pyridine rings is 1. The van der Waals surface area contributed by atoms with Crippen molar-refractivity contribution in [3.05, 3.63) is 54.4 Å². The quantitative estimate of drug-likeness (QED) is 0.528. The number of anilines is 1. The molecule has 1 aliphatic heterocycles. The first-order valence-electron chi connectivity index (χ1n) is 10.4. The molecule has 3 aromatic heterocycles. The van der Waals surface area contributed by atoms with Crippen LogP contribution in [0.3, 0.4) is 0 Å². The molecule has 1 aliphatic rings. The Morgan fingerprint density at radius 1 is 1.10 bits per heavy atom. The first kappa shape index (κ1) is 19.4. The van der Waals surface area contributed by atoms with Crippen LogP contribution in [0.15, 0.2) is 42.9 Å². The van der Waals surface area contributed by atoms with Crippen molar-refractivity contribution in [1.82, 2.24) is 24.7 Å². The Balaban J connectivity index is 1.63. The van der Waals surface area contributed by atoms with Crippen LogP contribution in [0.25, 0.3) is 16.7 Å². The zero-order valence-electron chi connectivity index (χ0n) is 18.2. The normalized spacial score (nSPS) is 18.6. The molecular weight excluding hydrogens is 392 g/mol. The number of H-pyrrole nitrogens is 1. The number of imidazole rings is 1. The van der Waals surface area contributed by atoms with E-state index in [9.17, 15) is 0 Å². The van der Waals surface area contributed by atoms with Crippen molar-refractivity contribution in [2.45, 2.75) is 32.2 Å². The van der Waals surface area contributed by atoms with Crippen LogP contribution in [-0.4, -0.2) is 45.5 Å². The molecule has 0 aliphatic carbocycles. The lowest BCUT2D eigenvalue weighted by molar-refractivity contribution is 0.356. The number of fused-ring (bicyclic) bond motifs is 1. The Hall–Kier alpha value is -3.55. The molecule has 8 heteroatoms. The smallest absolute Gasteiger partial charge is 0.163 e. The molecule has 1 saturated heterocycles. The molecule has 4 heterocycles. The van der Waals surface area contributed by atoms with Crippen LogP contribution in [0.4, 0.5) is 5.69 Å². The number of rotatable bonds is 5. The van der Waals surface area contributed by atoms with Gasteiger partial charge in [-0.3, -0.25) is 4.98 Å². The van der Waals surface area contributed by atoms with Gasteiger partial charge in [0.05, 0.1) is 42.7 Å². The molecule has 1 atom stereocenters. The second kappa shape index (κ2) is 7.30. The summed E-state index contributed by atoms with van der Waals surface area (Å²) in [5.41, 5.74) is 4.53. The number of aromatic amines is 1. The molecule has 1 fully saturated rings. The van der Waals surface area contributed by atoms with Crippen LogP contribution in [0, 0.1) is 6.92 Å². The van der Waals surface area contributed by atoms with Crippen molar-refractivity contribution < 1.29 is 9.47 Å². The Morgan fingerprint density at radius 2 is 1.90 bits per heavy atom. The molecular formula is C23H26N6O2. The van der Waals surface area contributed by atoms with Gasteiger partial charge >= 0.3 is 0 Å². The highest BCUT2D eigenvalue weighted by Gasteiger charge is 2.42. The van der Waals surface area contributed by atoms with Gasteiger partial charge < -0.3 is 19.4 Å². The van der Waals surface area contributed by atoms with Crippen molar-refractivity contribution in [1.29, 1.82) is 0 Å². The fourth-order valence-electron chi connectivity index (χ4n) is 4.53. The zero-order chi connectivity index (χ0) is 21.6.